The van der Waals surface area contributed by atoms with Crippen LogP contribution in [-0.4, -0.2) is 51.8 Å². The number of benzene rings is 1. The number of rotatable bonds is 9. The van der Waals surface area contributed by atoms with Gasteiger partial charge in [-0.3, -0.25) is 10.1 Å². The number of carbonyl (C=O) groups excluding carboxylic acids is 2. The number of fused-ring (bicyclic) bond motifs is 1. The maximum absolute atomic E-state index is 11.9. The number of aliphatic hydroxyl groups excluding tert-OH is 1. The minimum Gasteiger partial charge on any atom is -0.393 e. The van der Waals surface area contributed by atoms with E-state index in [0.29, 0.717) is 30.6 Å². The number of aryl methyl sites for hydroxylation is 4. The number of imide groups is 1. The molecular formula is C19H27N4O6P. The molecule has 0 aliphatic rings. The van der Waals surface area contributed by atoms with E-state index in [0.717, 1.165) is 22.2 Å². The van der Waals surface area contributed by atoms with Crippen molar-refractivity contribution in [1.29, 1.82) is 0 Å². The Bertz CT molecular complexity index is 978. The van der Waals surface area contributed by atoms with Crippen molar-refractivity contribution < 1.29 is 28.6 Å². The Morgan fingerprint density at radius 3 is 2.70 bits per heavy atom. The van der Waals surface area contributed by atoms with Crippen LogP contribution in [0.15, 0.2) is 17.1 Å². The highest BCUT2D eigenvalue weighted by molar-refractivity contribution is 7.40. The predicted molar refractivity (Wildman–Crippen MR) is 111 cm³/mol. The van der Waals surface area contributed by atoms with Crippen LogP contribution in [0.2, 0.25) is 0 Å². The van der Waals surface area contributed by atoms with Gasteiger partial charge in [-0.25, -0.2) is 9.78 Å². The van der Waals surface area contributed by atoms with E-state index in [1.165, 1.54) is 7.11 Å². The Hall–Kier alpha value is -2.23. The first-order chi connectivity index (χ1) is 14.3. The zero-order valence-corrected chi connectivity index (χ0v) is 18.3. The summed E-state index contributed by atoms with van der Waals surface area (Å²) in [5.41, 5.74) is 4.48. The average Bonchev–Trinajstić information content (AvgIpc) is 2.69. The molecule has 164 valence electrons. The van der Waals surface area contributed by atoms with Gasteiger partial charge in [-0.2, -0.15) is 4.99 Å². The minimum atomic E-state index is -1.93. The lowest BCUT2D eigenvalue weighted by atomic mass is 10.1. The van der Waals surface area contributed by atoms with Gasteiger partial charge in [0.2, 0.25) is 6.41 Å². The number of hydrogen-bond donors (Lipinski definition) is 3. The first-order valence-corrected chi connectivity index (χ1v) is 10.5. The summed E-state index contributed by atoms with van der Waals surface area (Å²) in [5.74, 6) is 0. The van der Waals surface area contributed by atoms with Crippen LogP contribution < -0.4 is 10.8 Å². The maximum Gasteiger partial charge on any atom is 0.349 e. The monoisotopic (exact) mass is 438 g/mol. The Labute approximate surface area is 175 Å². The molecule has 2 aromatic rings. The fraction of sp³-hybridized carbons (Fsp3) is 0.474. The molecule has 10 nitrogen and oxygen atoms in total. The quantitative estimate of drug-likeness (QED) is 0.401. The molecule has 30 heavy (non-hydrogen) atoms. The van der Waals surface area contributed by atoms with Crippen LogP contribution in [0.25, 0.3) is 11.0 Å². The zero-order valence-electron chi connectivity index (χ0n) is 17.5. The van der Waals surface area contributed by atoms with E-state index in [4.69, 9.17) is 4.52 Å². The zero-order chi connectivity index (χ0) is 22.3. The van der Waals surface area contributed by atoms with Gasteiger partial charge in [0.15, 0.2) is 5.49 Å². The largest absolute Gasteiger partial charge is 0.393 e. The van der Waals surface area contributed by atoms with E-state index in [9.17, 15) is 19.6 Å². The van der Waals surface area contributed by atoms with Crippen molar-refractivity contribution in [2.75, 3.05) is 13.7 Å². The molecule has 1 aromatic carbocycles. The lowest BCUT2D eigenvalue weighted by molar-refractivity contribution is -0.108. The molecule has 0 fully saturated rings. The van der Waals surface area contributed by atoms with Crippen LogP contribution >= 0.6 is 8.60 Å². The Balaban J connectivity index is 2.37. The van der Waals surface area contributed by atoms with Gasteiger partial charge >= 0.3 is 14.6 Å². The highest BCUT2D eigenvalue weighted by atomic mass is 31.2. The van der Waals surface area contributed by atoms with Gasteiger partial charge in [-0.1, -0.05) is 0 Å². The second-order valence-corrected chi connectivity index (χ2v) is 7.86. The molecule has 1 heterocycles. The Kier molecular flexibility index (Phi) is 9.01. The number of urea groups is 1. The summed E-state index contributed by atoms with van der Waals surface area (Å²) in [4.78, 5) is 40.3. The molecule has 2 rings (SSSR count). The third kappa shape index (κ3) is 6.38. The van der Waals surface area contributed by atoms with Crippen molar-refractivity contribution in [2.45, 2.75) is 46.3 Å². The first kappa shape index (κ1) is 24.0. The average molecular weight is 438 g/mol. The van der Waals surface area contributed by atoms with E-state index in [-0.39, 0.29) is 13.0 Å². The van der Waals surface area contributed by atoms with E-state index in [1.54, 1.807) is 6.92 Å². The van der Waals surface area contributed by atoms with E-state index >= 15 is 0 Å². The summed E-state index contributed by atoms with van der Waals surface area (Å²) in [6.07, 6.45) is 0.229. The molecule has 0 bridgehead atoms. The summed E-state index contributed by atoms with van der Waals surface area (Å²) in [7, 11) is -0.590. The second kappa shape index (κ2) is 11.2. The van der Waals surface area contributed by atoms with Crippen LogP contribution in [-0.2, 0) is 20.4 Å². The normalized spacial score (nSPS) is 14.0. The number of aromatic nitrogens is 2. The maximum atomic E-state index is 11.9. The van der Waals surface area contributed by atoms with Crippen molar-refractivity contribution >= 4 is 32.1 Å². The topological polar surface area (TPSA) is 135 Å². The van der Waals surface area contributed by atoms with E-state index in [1.807, 2.05) is 35.9 Å². The predicted octanol–water partition coefficient (Wildman–Crippen LogP) is 1.75. The van der Waals surface area contributed by atoms with Crippen molar-refractivity contribution in [3.05, 3.63) is 34.4 Å². The molecule has 1 aromatic heterocycles. The number of nitrogens with one attached hydrogen (secondary N) is 1. The van der Waals surface area contributed by atoms with Crippen LogP contribution in [0.5, 0.6) is 0 Å². The summed E-state index contributed by atoms with van der Waals surface area (Å²) in [6, 6.07) is 3.12. The third-order valence-electron chi connectivity index (χ3n) is 4.63. The Morgan fingerprint density at radius 2 is 2.03 bits per heavy atom. The van der Waals surface area contributed by atoms with Crippen molar-refractivity contribution in [3.8, 4) is 0 Å². The molecule has 2 unspecified atom stereocenters. The van der Waals surface area contributed by atoms with E-state index in [2.05, 4.69) is 14.5 Å². The van der Waals surface area contributed by atoms with Crippen LogP contribution in [0.3, 0.4) is 0 Å². The minimum absolute atomic E-state index is 0.148. The molecule has 2 atom stereocenters. The third-order valence-corrected chi connectivity index (χ3v) is 5.35. The summed E-state index contributed by atoms with van der Waals surface area (Å²) in [6.45, 7) is 6.20. The van der Waals surface area contributed by atoms with Gasteiger partial charge in [0.25, 0.3) is 0 Å². The lowest BCUT2D eigenvalue weighted by Gasteiger charge is -2.17. The molecule has 0 saturated heterocycles. The molecule has 3 N–H and O–H groups in total. The summed E-state index contributed by atoms with van der Waals surface area (Å²) < 4.78 is 11.5. The molecule has 3 amide bonds. The fourth-order valence-electron chi connectivity index (χ4n) is 2.92. The number of nitrogens with zero attached hydrogens (tertiary/aromatic N) is 3. The standard InChI is InChI=1S/C19H27N4O6P/c1-12-9-16-17(10-13(12)2)23(7-5-15(25)6-8-29-30(27)28-4)18(14(3)21-16)22-19(26)20-11-24/h9-11,15,25,27H,5-8H2,1-4H3,(H,20,24,26). The molecule has 0 spiro atoms. The van der Waals surface area contributed by atoms with Gasteiger partial charge in [0, 0.05) is 13.7 Å². The van der Waals surface area contributed by atoms with Crippen molar-refractivity contribution in [3.63, 3.8) is 0 Å². The summed E-state index contributed by atoms with van der Waals surface area (Å²) >= 11 is 0. The van der Waals surface area contributed by atoms with Gasteiger partial charge < -0.3 is 23.6 Å². The SMILES string of the molecule is COP(O)OCCC(O)CCn1c(=NC(=O)NC=O)c(C)nc2cc(C)c(C)cc21. The van der Waals surface area contributed by atoms with Crippen LogP contribution in [0.4, 0.5) is 4.79 Å². The number of carbonyl (C=O) groups is 2. The number of aliphatic hydroxyl groups is 1. The van der Waals surface area contributed by atoms with E-state index < -0.39 is 20.7 Å². The van der Waals surface area contributed by atoms with Gasteiger partial charge in [-0.05, 0) is 56.9 Å². The molecule has 0 saturated carbocycles. The molecule has 0 aliphatic heterocycles. The van der Waals surface area contributed by atoms with Gasteiger partial charge in [0.1, 0.15) is 0 Å². The second-order valence-electron chi connectivity index (χ2n) is 6.76. The molecule has 0 radical (unpaired) electrons. The van der Waals surface area contributed by atoms with Crippen molar-refractivity contribution in [2.24, 2.45) is 4.99 Å². The number of hydrogen-bond acceptors (Lipinski definition) is 7. The molecule has 0 aliphatic carbocycles. The highest BCUT2D eigenvalue weighted by Crippen LogP contribution is 2.31. The molecule has 11 heteroatoms. The summed E-state index contributed by atoms with van der Waals surface area (Å²) in [5, 5.41) is 12.3. The first-order valence-electron chi connectivity index (χ1n) is 9.38. The Morgan fingerprint density at radius 1 is 1.33 bits per heavy atom. The lowest BCUT2D eigenvalue weighted by Crippen LogP contribution is -2.31. The van der Waals surface area contributed by atoms with Gasteiger partial charge in [0.05, 0.1) is 29.4 Å². The number of amides is 3. The smallest absolute Gasteiger partial charge is 0.349 e. The fourth-order valence-corrected chi connectivity index (χ4v) is 3.29. The van der Waals surface area contributed by atoms with Crippen molar-refractivity contribution in [1.82, 2.24) is 14.9 Å². The molecular weight excluding hydrogens is 411 g/mol. The van der Waals surface area contributed by atoms with Gasteiger partial charge in [-0.15, -0.1) is 0 Å². The van der Waals surface area contributed by atoms with Crippen LogP contribution in [0, 0.1) is 20.8 Å². The highest BCUT2D eigenvalue weighted by Gasteiger charge is 2.13. The van der Waals surface area contributed by atoms with Crippen LogP contribution in [0.1, 0.15) is 29.7 Å².